The summed E-state index contributed by atoms with van der Waals surface area (Å²) in [6.45, 7) is 2.22. The van der Waals surface area contributed by atoms with Crippen molar-refractivity contribution in [2.24, 2.45) is 5.92 Å². The van der Waals surface area contributed by atoms with Gasteiger partial charge in [-0.15, -0.1) is 11.3 Å². The van der Waals surface area contributed by atoms with Crippen LogP contribution in [0.3, 0.4) is 0 Å². The molecule has 2 saturated heterocycles. The molecule has 0 radical (unpaired) electrons. The zero-order valence-electron chi connectivity index (χ0n) is 14.3. The molecule has 2 fully saturated rings. The van der Waals surface area contributed by atoms with Crippen LogP contribution >= 0.6 is 11.3 Å². The predicted octanol–water partition coefficient (Wildman–Crippen LogP) is 1.58. The van der Waals surface area contributed by atoms with Crippen LogP contribution in [0, 0.1) is 12.8 Å². The molecule has 2 aliphatic heterocycles. The fourth-order valence-electron chi connectivity index (χ4n) is 3.64. The van der Waals surface area contributed by atoms with Gasteiger partial charge in [-0.2, -0.15) is 0 Å². The van der Waals surface area contributed by atoms with E-state index in [1.807, 2.05) is 19.1 Å². The molecule has 0 spiro atoms. The van der Waals surface area contributed by atoms with E-state index >= 15 is 0 Å². The third-order valence-corrected chi connectivity index (χ3v) is 7.63. The second-order valence-corrected chi connectivity index (χ2v) is 10.4. The lowest BCUT2D eigenvalue weighted by molar-refractivity contribution is -0.129. The number of hydrogen-bond donors (Lipinski definition) is 1. The van der Waals surface area contributed by atoms with Crippen LogP contribution in [-0.2, 0) is 19.4 Å². The first-order chi connectivity index (χ1) is 12.3. The number of nitrogens with one attached hydrogen (secondary N) is 1. The highest BCUT2D eigenvalue weighted by atomic mass is 32.2. The Kier molecular flexibility index (Phi) is 4.23. The third-order valence-electron chi connectivity index (χ3n) is 4.94. The highest BCUT2D eigenvalue weighted by molar-refractivity contribution is 7.91. The van der Waals surface area contributed by atoms with Crippen molar-refractivity contribution in [2.45, 2.75) is 25.8 Å². The van der Waals surface area contributed by atoms with Crippen LogP contribution in [0.15, 0.2) is 18.2 Å². The molecule has 9 heteroatoms. The van der Waals surface area contributed by atoms with Crippen LogP contribution in [0.25, 0.3) is 10.2 Å². The number of sulfone groups is 1. The highest BCUT2D eigenvalue weighted by Crippen LogP contribution is 2.28. The number of thiazole rings is 1. The lowest BCUT2D eigenvalue weighted by atomic mass is 10.1. The van der Waals surface area contributed by atoms with Gasteiger partial charge in [-0.1, -0.05) is 0 Å². The molecule has 2 atom stereocenters. The van der Waals surface area contributed by atoms with Gasteiger partial charge in [0.2, 0.25) is 11.8 Å². The summed E-state index contributed by atoms with van der Waals surface area (Å²) in [5.41, 5.74) is 1.58. The van der Waals surface area contributed by atoms with Gasteiger partial charge < -0.3 is 10.2 Å². The van der Waals surface area contributed by atoms with Gasteiger partial charge in [0.15, 0.2) is 9.84 Å². The van der Waals surface area contributed by atoms with Crippen molar-refractivity contribution < 1.29 is 18.0 Å². The minimum atomic E-state index is -3.06. The molecule has 4 rings (SSSR count). The maximum Gasteiger partial charge on any atom is 0.229 e. The number of benzene rings is 1. The van der Waals surface area contributed by atoms with Crippen molar-refractivity contribution >= 4 is 48.9 Å². The SMILES string of the molecule is Cc1nc2ccc(NC(=O)[C@H]3CC(=O)N([C@@H]4CCS(=O)(=O)C4)C3)cc2s1. The van der Waals surface area contributed by atoms with Gasteiger partial charge in [0, 0.05) is 24.7 Å². The molecule has 138 valence electrons. The van der Waals surface area contributed by atoms with Crippen molar-refractivity contribution in [3.05, 3.63) is 23.2 Å². The van der Waals surface area contributed by atoms with Gasteiger partial charge in [0.25, 0.3) is 0 Å². The van der Waals surface area contributed by atoms with Crippen LogP contribution in [0.1, 0.15) is 17.8 Å². The quantitative estimate of drug-likeness (QED) is 0.854. The smallest absolute Gasteiger partial charge is 0.229 e. The molecule has 0 bridgehead atoms. The van der Waals surface area contributed by atoms with Gasteiger partial charge in [-0.25, -0.2) is 13.4 Å². The van der Waals surface area contributed by atoms with Gasteiger partial charge >= 0.3 is 0 Å². The van der Waals surface area contributed by atoms with Crippen molar-refractivity contribution in [3.63, 3.8) is 0 Å². The van der Waals surface area contributed by atoms with Gasteiger partial charge in [-0.05, 0) is 31.5 Å². The number of hydrogen-bond acceptors (Lipinski definition) is 6. The molecule has 1 N–H and O–H groups in total. The van der Waals surface area contributed by atoms with E-state index in [4.69, 9.17) is 0 Å². The second kappa shape index (κ2) is 6.31. The molecule has 0 aliphatic carbocycles. The summed E-state index contributed by atoms with van der Waals surface area (Å²) in [5.74, 6) is -0.672. The summed E-state index contributed by atoms with van der Waals surface area (Å²) < 4.78 is 24.3. The molecule has 1 aromatic carbocycles. The summed E-state index contributed by atoms with van der Waals surface area (Å²) in [7, 11) is -3.06. The molecule has 0 saturated carbocycles. The second-order valence-electron chi connectivity index (χ2n) is 6.91. The summed E-state index contributed by atoms with van der Waals surface area (Å²) >= 11 is 1.56. The number of nitrogens with zero attached hydrogens (tertiary/aromatic N) is 2. The average molecular weight is 393 g/mol. The minimum absolute atomic E-state index is 0.00841. The minimum Gasteiger partial charge on any atom is -0.338 e. The average Bonchev–Trinajstić information content (AvgIpc) is 3.22. The summed E-state index contributed by atoms with van der Waals surface area (Å²) in [6.07, 6.45) is 0.591. The first kappa shape index (κ1) is 17.4. The summed E-state index contributed by atoms with van der Waals surface area (Å²) in [5, 5.41) is 3.84. The number of aromatic nitrogens is 1. The van der Waals surface area contributed by atoms with E-state index in [0.29, 0.717) is 12.1 Å². The zero-order valence-corrected chi connectivity index (χ0v) is 15.9. The van der Waals surface area contributed by atoms with Crippen molar-refractivity contribution in [2.75, 3.05) is 23.4 Å². The Balaban J connectivity index is 1.44. The van der Waals surface area contributed by atoms with Gasteiger partial charge in [0.1, 0.15) is 0 Å². The molecule has 26 heavy (non-hydrogen) atoms. The summed E-state index contributed by atoms with van der Waals surface area (Å²) in [4.78, 5) is 30.8. The Bertz CT molecular complexity index is 999. The van der Waals surface area contributed by atoms with E-state index in [1.54, 1.807) is 22.3 Å². The molecule has 1 aromatic heterocycles. The first-order valence-electron chi connectivity index (χ1n) is 8.49. The Labute approximate surface area is 155 Å². The monoisotopic (exact) mass is 393 g/mol. The van der Waals surface area contributed by atoms with E-state index in [9.17, 15) is 18.0 Å². The Morgan fingerprint density at radius 1 is 1.38 bits per heavy atom. The number of amides is 2. The molecule has 0 unspecified atom stereocenters. The first-order valence-corrected chi connectivity index (χ1v) is 11.1. The molecular formula is C17H19N3O4S2. The number of carbonyl (C=O) groups is 2. The van der Waals surface area contributed by atoms with E-state index in [-0.39, 0.29) is 42.3 Å². The third kappa shape index (κ3) is 3.33. The fourth-order valence-corrected chi connectivity index (χ4v) is 6.24. The lowest BCUT2D eigenvalue weighted by Gasteiger charge is -2.22. The molecule has 2 aromatic rings. The molecule has 3 heterocycles. The van der Waals surface area contributed by atoms with Crippen molar-refractivity contribution in [3.8, 4) is 0 Å². The molecular weight excluding hydrogens is 374 g/mol. The summed E-state index contributed by atoms with van der Waals surface area (Å²) in [6, 6.07) is 5.26. The zero-order chi connectivity index (χ0) is 18.5. The highest BCUT2D eigenvalue weighted by Gasteiger charge is 2.41. The Morgan fingerprint density at radius 2 is 2.19 bits per heavy atom. The molecule has 7 nitrogen and oxygen atoms in total. The lowest BCUT2D eigenvalue weighted by Crippen LogP contribution is -2.38. The Hall–Kier alpha value is -2.00. The van der Waals surface area contributed by atoms with E-state index in [2.05, 4.69) is 10.3 Å². The van der Waals surface area contributed by atoms with Gasteiger partial charge in [0.05, 0.1) is 32.6 Å². The van der Waals surface area contributed by atoms with E-state index < -0.39 is 15.8 Å². The number of likely N-dealkylation sites (tertiary alicyclic amines) is 1. The predicted molar refractivity (Wildman–Crippen MR) is 99.9 cm³/mol. The standard InChI is InChI=1S/C17H19N3O4S2/c1-10-18-14-3-2-12(7-15(14)25-10)19-17(22)11-6-16(21)20(8-11)13-4-5-26(23,24)9-13/h2-3,7,11,13H,4-6,8-9H2,1H3,(H,19,22)/t11-,13+/m0/s1. The maximum atomic E-state index is 12.6. The van der Waals surface area contributed by atoms with Gasteiger partial charge in [-0.3, -0.25) is 9.59 Å². The van der Waals surface area contributed by atoms with E-state index in [1.165, 1.54) is 0 Å². The topological polar surface area (TPSA) is 96.4 Å². The van der Waals surface area contributed by atoms with Crippen LogP contribution in [0.4, 0.5) is 5.69 Å². The van der Waals surface area contributed by atoms with Crippen LogP contribution in [0.5, 0.6) is 0 Å². The van der Waals surface area contributed by atoms with Crippen molar-refractivity contribution in [1.82, 2.24) is 9.88 Å². The van der Waals surface area contributed by atoms with Crippen LogP contribution in [-0.4, -0.2) is 54.2 Å². The number of aryl methyl sites for hydroxylation is 1. The Morgan fingerprint density at radius 3 is 2.92 bits per heavy atom. The molecule has 2 amide bonds. The van der Waals surface area contributed by atoms with Crippen LogP contribution in [0.2, 0.25) is 0 Å². The number of anilines is 1. The number of fused-ring (bicyclic) bond motifs is 1. The van der Waals surface area contributed by atoms with E-state index in [0.717, 1.165) is 15.2 Å². The molecule has 2 aliphatic rings. The fraction of sp³-hybridized carbons (Fsp3) is 0.471. The van der Waals surface area contributed by atoms with Crippen molar-refractivity contribution in [1.29, 1.82) is 0 Å². The number of rotatable bonds is 3. The normalized spacial score (nSPS) is 25.1. The number of carbonyl (C=O) groups excluding carboxylic acids is 2. The maximum absolute atomic E-state index is 12.6. The van der Waals surface area contributed by atoms with Crippen LogP contribution < -0.4 is 5.32 Å². The largest absolute Gasteiger partial charge is 0.338 e.